The van der Waals surface area contributed by atoms with E-state index in [0.29, 0.717) is 17.4 Å². The van der Waals surface area contributed by atoms with Crippen LogP contribution in [0.2, 0.25) is 0 Å². The Morgan fingerprint density at radius 1 is 0.875 bits per heavy atom. The van der Waals surface area contributed by atoms with Gasteiger partial charge < -0.3 is 5.32 Å². The van der Waals surface area contributed by atoms with Crippen molar-refractivity contribution in [3.05, 3.63) is 54.3 Å². The fourth-order valence-corrected chi connectivity index (χ4v) is 3.39. The number of para-hydroxylation sites is 1. The molecule has 3 nitrogen and oxygen atoms in total. The molecule has 0 amide bonds. The third kappa shape index (κ3) is 2.96. The van der Waals surface area contributed by atoms with Crippen molar-refractivity contribution in [2.24, 2.45) is 0 Å². The molecular formula is C20H20FN3. The van der Waals surface area contributed by atoms with Crippen molar-refractivity contribution in [1.82, 2.24) is 9.97 Å². The molecule has 0 saturated heterocycles. The second kappa shape index (κ2) is 6.56. The summed E-state index contributed by atoms with van der Waals surface area (Å²) in [4.78, 5) is 9.23. The van der Waals surface area contributed by atoms with E-state index >= 15 is 0 Å². The van der Waals surface area contributed by atoms with Crippen LogP contribution in [-0.4, -0.2) is 16.0 Å². The average Bonchev–Trinajstić information content (AvgIpc) is 2.63. The molecule has 0 bridgehead atoms. The van der Waals surface area contributed by atoms with E-state index in [0.717, 1.165) is 29.6 Å². The first-order chi connectivity index (χ1) is 11.8. The molecule has 0 aliphatic heterocycles. The Labute approximate surface area is 141 Å². The monoisotopic (exact) mass is 321 g/mol. The lowest BCUT2D eigenvalue weighted by atomic mass is 9.95. The number of nitrogens with one attached hydrogen (secondary N) is 1. The minimum absolute atomic E-state index is 0.295. The molecule has 1 aliphatic carbocycles. The van der Waals surface area contributed by atoms with Crippen LogP contribution in [0.25, 0.3) is 22.3 Å². The van der Waals surface area contributed by atoms with Crippen LogP contribution in [0.15, 0.2) is 48.5 Å². The molecule has 0 spiro atoms. The van der Waals surface area contributed by atoms with E-state index < -0.39 is 0 Å². The van der Waals surface area contributed by atoms with Crippen molar-refractivity contribution >= 4 is 16.7 Å². The van der Waals surface area contributed by atoms with Crippen LogP contribution in [0, 0.1) is 5.82 Å². The SMILES string of the molecule is Fc1ccccc1-c1nc(NC2CCCCC2)c2ccccc2n1. The van der Waals surface area contributed by atoms with E-state index in [1.807, 2.05) is 30.3 Å². The Kier molecular flexibility index (Phi) is 4.11. The van der Waals surface area contributed by atoms with Gasteiger partial charge in [0, 0.05) is 11.4 Å². The fourth-order valence-electron chi connectivity index (χ4n) is 3.39. The highest BCUT2D eigenvalue weighted by Gasteiger charge is 2.17. The molecule has 0 unspecified atom stereocenters. The van der Waals surface area contributed by atoms with Crippen molar-refractivity contribution in [2.45, 2.75) is 38.1 Å². The van der Waals surface area contributed by atoms with Crippen LogP contribution < -0.4 is 5.32 Å². The molecule has 3 aromatic rings. The first-order valence-corrected chi connectivity index (χ1v) is 8.59. The van der Waals surface area contributed by atoms with Gasteiger partial charge in [-0.1, -0.05) is 43.5 Å². The summed E-state index contributed by atoms with van der Waals surface area (Å²) in [6.07, 6.45) is 6.13. The average molecular weight is 321 g/mol. The minimum atomic E-state index is -0.295. The molecule has 1 aromatic heterocycles. The number of nitrogens with zero attached hydrogens (tertiary/aromatic N) is 2. The van der Waals surface area contributed by atoms with Gasteiger partial charge in [-0.3, -0.25) is 0 Å². The van der Waals surface area contributed by atoms with Gasteiger partial charge in [-0.2, -0.15) is 0 Å². The summed E-state index contributed by atoms with van der Waals surface area (Å²) in [5.41, 5.74) is 1.28. The lowest BCUT2D eigenvalue weighted by Gasteiger charge is -2.24. The minimum Gasteiger partial charge on any atom is -0.367 e. The van der Waals surface area contributed by atoms with Crippen molar-refractivity contribution in [1.29, 1.82) is 0 Å². The van der Waals surface area contributed by atoms with Crippen molar-refractivity contribution in [2.75, 3.05) is 5.32 Å². The van der Waals surface area contributed by atoms with Gasteiger partial charge in [0.2, 0.25) is 0 Å². The summed E-state index contributed by atoms with van der Waals surface area (Å²) in [6.45, 7) is 0. The zero-order chi connectivity index (χ0) is 16.4. The molecule has 1 N–H and O–H groups in total. The molecular weight excluding hydrogens is 301 g/mol. The molecule has 1 aliphatic rings. The van der Waals surface area contributed by atoms with Gasteiger partial charge in [-0.05, 0) is 37.1 Å². The summed E-state index contributed by atoms with van der Waals surface area (Å²) in [7, 11) is 0. The Morgan fingerprint density at radius 3 is 2.46 bits per heavy atom. The molecule has 0 radical (unpaired) electrons. The summed E-state index contributed by atoms with van der Waals surface area (Å²) in [5.74, 6) is 0.951. The third-order valence-electron chi connectivity index (χ3n) is 4.66. The van der Waals surface area contributed by atoms with Crippen LogP contribution >= 0.6 is 0 Å². The number of hydrogen-bond acceptors (Lipinski definition) is 3. The predicted octanol–water partition coefficient (Wildman–Crippen LogP) is 5.18. The van der Waals surface area contributed by atoms with Gasteiger partial charge >= 0.3 is 0 Å². The zero-order valence-electron chi connectivity index (χ0n) is 13.5. The smallest absolute Gasteiger partial charge is 0.165 e. The van der Waals surface area contributed by atoms with Gasteiger partial charge in [-0.15, -0.1) is 0 Å². The van der Waals surface area contributed by atoms with Crippen LogP contribution in [0.4, 0.5) is 10.2 Å². The molecule has 1 fully saturated rings. The normalized spacial score (nSPS) is 15.5. The van der Waals surface area contributed by atoms with E-state index in [1.54, 1.807) is 12.1 Å². The highest BCUT2D eigenvalue weighted by Crippen LogP contribution is 2.28. The summed E-state index contributed by atoms with van der Waals surface area (Å²) in [6, 6.07) is 15.0. The Morgan fingerprint density at radius 2 is 1.62 bits per heavy atom. The van der Waals surface area contributed by atoms with Crippen molar-refractivity contribution < 1.29 is 4.39 Å². The molecule has 2 aromatic carbocycles. The molecule has 1 saturated carbocycles. The molecule has 24 heavy (non-hydrogen) atoms. The van der Waals surface area contributed by atoms with Gasteiger partial charge in [0.05, 0.1) is 11.1 Å². The van der Waals surface area contributed by atoms with Crippen molar-refractivity contribution in [3.8, 4) is 11.4 Å². The third-order valence-corrected chi connectivity index (χ3v) is 4.66. The lowest BCUT2D eigenvalue weighted by molar-refractivity contribution is 0.462. The van der Waals surface area contributed by atoms with Crippen LogP contribution in [0.3, 0.4) is 0 Å². The standard InChI is InChI=1S/C20H20FN3/c21-17-12-6-4-10-15(17)19-23-18-13-7-5-11-16(18)20(24-19)22-14-8-2-1-3-9-14/h4-7,10-14H,1-3,8-9H2,(H,22,23,24). The highest BCUT2D eigenvalue weighted by atomic mass is 19.1. The van der Waals surface area contributed by atoms with E-state index in [1.165, 1.54) is 25.3 Å². The number of benzene rings is 2. The van der Waals surface area contributed by atoms with Gasteiger partial charge in [0.15, 0.2) is 5.82 Å². The number of rotatable bonds is 3. The lowest BCUT2D eigenvalue weighted by Crippen LogP contribution is -2.23. The van der Waals surface area contributed by atoms with Gasteiger partial charge in [-0.25, -0.2) is 14.4 Å². The van der Waals surface area contributed by atoms with Crippen LogP contribution in [0.1, 0.15) is 32.1 Å². The maximum absolute atomic E-state index is 14.2. The first-order valence-electron chi connectivity index (χ1n) is 8.59. The van der Waals surface area contributed by atoms with Crippen LogP contribution in [0.5, 0.6) is 0 Å². The number of aromatic nitrogens is 2. The van der Waals surface area contributed by atoms with Gasteiger partial charge in [0.1, 0.15) is 11.6 Å². The topological polar surface area (TPSA) is 37.8 Å². The number of anilines is 1. The maximum atomic E-state index is 14.2. The van der Waals surface area contributed by atoms with E-state index in [9.17, 15) is 4.39 Å². The summed E-state index contributed by atoms with van der Waals surface area (Å²) in [5, 5.41) is 4.57. The molecule has 0 atom stereocenters. The number of halogens is 1. The van der Waals surface area contributed by atoms with Gasteiger partial charge in [0.25, 0.3) is 0 Å². The Hall–Kier alpha value is -2.49. The molecule has 4 rings (SSSR count). The van der Waals surface area contributed by atoms with E-state index in [4.69, 9.17) is 0 Å². The zero-order valence-corrected chi connectivity index (χ0v) is 13.5. The van der Waals surface area contributed by atoms with E-state index in [2.05, 4.69) is 15.3 Å². The summed E-state index contributed by atoms with van der Waals surface area (Å²) < 4.78 is 14.2. The predicted molar refractivity (Wildman–Crippen MR) is 95.4 cm³/mol. The molecule has 1 heterocycles. The number of fused-ring (bicyclic) bond motifs is 1. The highest BCUT2D eigenvalue weighted by molar-refractivity contribution is 5.90. The largest absolute Gasteiger partial charge is 0.367 e. The molecule has 4 heteroatoms. The second-order valence-corrected chi connectivity index (χ2v) is 6.37. The quantitative estimate of drug-likeness (QED) is 0.722. The number of hydrogen-bond donors (Lipinski definition) is 1. The van der Waals surface area contributed by atoms with Crippen molar-refractivity contribution in [3.63, 3.8) is 0 Å². The maximum Gasteiger partial charge on any atom is 0.165 e. The second-order valence-electron chi connectivity index (χ2n) is 6.37. The Bertz CT molecular complexity index is 856. The van der Waals surface area contributed by atoms with Crippen LogP contribution in [-0.2, 0) is 0 Å². The first kappa shape index (κ1) is 15.1. The molecule has 122 valence electrons. The Balaban J connectivity index is 1.80. The fraction of sp³-hybridized carbons (Fsp3) is 0.300. The van der Waals surface area contributed by atoms with E-state index in [-0.39, 0.29) is 5.82 Å². The summed E-state index contributed by atoms with van der Waals surface area (Å²) >= 11 is 0.